The zero-order valence-corrected chi connectivity index (χ0v) is 13.1. The lowest BCUT2D eigenvalue weighted by molar-refractivity contribution is -0.142. The first kappa shape index (κ1) is 17.3. The van der Waals surface area contributed by atoms with Gasteiger partial charge in [0.1, 0.15) is 11.8 Å². The number of ether oxygens (including phenoxy) is 1. The summed E-state index contributed by atoms with van der Waals surface area (Å²) in [5, 5.41) is 12.1. The fourth-order valence-electron chi connectivity index (χ4n) is 2.00. The van der Waals surface area contributed by atoms with Gasteiger partial charge in [0.05, 0.1) is 13.5 Å². The van der Waals surface area contributed by atoms with Gasteiger partial charge >= 0.3 is 5.97 Å². The maximum absolute atomic E-state index is 12.0. The lowest BCUT2D eigenvalue weighted by Crippen LogP contribution is -2.42. The van der Waals surface area contributed by atoms with Crippen molar-refractivity contribution in [2.45, 2.75) is 32.7 Å². The molecule has 0 heterocycles. The summed E-state index contributed by atoms with van der Waals surface area (Å²) >= 11 is 5.90. The molecule has 0 aliphatic carbocycles. The predicted octanol–water partition coefficient (Wildman–Crippen LogP) is 2.51. The lowest BCUT2D eigenvalue weighted by Gasteiger charge is -2.17. The second-order valence-corrected chi connectivity index (χ2v) is 5.66. The molecule has 0 bridgehead atoms. The Kier molecular flexibility index (Phi) is 6.49. The van der Waals surface area contributed by atoms with Crippen LogP contribution in [0.5, 0.6) is 5.75 Å². The Morgan fingerprint density at radius 3 is 2.57 bits per heavy atom. The van der Waals surface area contributed by atoms with Gasteiger partial charge in [0.2, 0.25) is 5.91 Å². The van der Waals surface area contributed by atoms with E-state index in [0.29, 0.717) is 22.8 Å². The molecular weight excluding hydrogens is 294 g/mol. The average Bonchev–Trinajstić information content (AvgIpc) is 2.37. The van der Waals surface area contributed by atoms with Crippen molar-refractivity contribution < 1.29 is 19.4 Å². The number of hydrogen-bond acceptors (Lipinski definition) is 3. The van der Waals surface area contributed by atoms with Crippen LogP contribution < -0.4 is 10.1 Å². The number of carboxylic acids is 1. The van der Waals surface area contributed by atoms with Gasteiger partial charge in [0.15, 0.2) is 0 Å². The molecule has 5 nitrogen and oxygen atoms in total. The first-order valence-corrected chi connectivity index (χ1v) is 7.05. The molecule has 0 saturated heterocycles. The quantitative estimate of drug-likeness (QED) is 0.811. The highest BCUT2D eigenvalue weighted by molar-refractivity contribution is 6.30. The second kappa shape index (κ2) is 7.88. The summed E-state index contributed by atoms with van der Waals surface area (Å²) in [6.45, 7) is 3.81. The highest BCUT2D eigenvalue weighted by Gasteiger charge is 2.21. The molecule has 2 N–H and O–H groups in total. The number of nitrogens with one attached hydrogen (secondary N) is 1. The summed E-state index contributed by atoms with van der Waals surface area (Å²) in [6, 6.07) is 4.09. The van der Waals surface area contributed by atoms with Gasteiger partial charge in [0, 0.05) is 10.6 Å². The van der Waals surface area contributed by atoms with Crippen LogP contribution in [0.4, 0.5) is 0 Å². The number of carboxylic acid groups (broad SMARTS) is 1. The Labute approximate surface area is 129 Å². The molecule has 0 fully saturated rings. The number of methoxy groups -OCH3 is 1. The van der Waals surface area contributed by atoms with Crippen LogP contribution in [0.1, 0.15) is 25.8 Å². The van der Waals surface area contributed by atoms with Gasteiger partial charge in [-0.2, -0.15) is 0 Å². The Morgan fingerprint density at radius 2 is 2.05 bits per heavy atom. The van der Waals surface area contributed by atoms with Crippen molar-refractivity contribution in [1.29, 1.82) is 0 Å². The molecule has 0 aliphatic heterocycles. The normalized spacial score (nSPS) is 12.0. The lowest BCUT2D eigenvalue weighted by atomic mass is 10.0. The van der Waals surface area contributed by atoms with Crippen LogP contribution in [0.3, 0.4) is 0 Å². The zero-order valence-electron chi connectivity index (χ0n) is 12.4. The topological polar surface area (TPSA) is 75.6 Å². The predicted molar refractivity (Wildman–Crippen MR) is 80.7 cm³/mol. The number of benzene rings is 1. The molecule has 6 heteroatoms. The third-order valence-electron chi connectivity index (χ3n) is 2.93. The van der Waals surface area contributed by atoms with Crippen LogP contribution >= 0.6 is 11.6 Å². The minimum atomic E-state index is -1.03. The first-order chi connectivity index (χ1) is 9.83. The third kappa shape index (κ3) is 5.63. The number of hydrogen-bond donors (Lipinski definition) is 2. The van der Waals surface area contributed by atoms with E-state index in [4.69, 9.17) is 21.4 Å². The largest absolute Gasteiger partial charge is 0.496 e. The molecule has 0 unspecified atom stereocenters. The van der Waals surface area contributed by atoms with Crippen molar-refractivity contribution in [3.8, 4) is 5.75 Å². The van der Waals surface area contributed by atoms with E-state index in [1.165, 1.54) is 7.11 Å². The van der Waals surface area contributed by atoms with E-state index < -0.39 is 12.0 Å². The summed E-state index contributed by atoms with van der Waals surface area (Å²) < 4.78 is 5.16. The minimum Gasteiger partial charge on any atom is -0.496 e. The molecule has 0 saturated carbocycles. The van der Waals surface area contributed by atoms with Gasteiger partial charge < -0.3 is 15.2 Å². The molecule has 1 atom stereocenters. The maximum atomic E-state index is 12.0. The van der Waals surface area contributed by atoms with Crippen LogP contribution in [-0.4, -0.2) is 30.1 Å². The Bertz CT molecular complexity index is 516. The third-order valence-corrected chi connectivity index (χ3v) is 3.17. The zero-order chi connectivity index (χ0) is 16.0. The maximum Gasteiger partial charge on any atom is 0.326 e. The van der Waals surface area contributed by atoms with Crippen molar-refractivity contribution in [3.63, 3.8) is 0 Å². The van der Waals surface area contributed by atoms with E-state index in [1.807, 2.05) is 13.8 Å². The molecule has 1 rings (SSSR count). The van der Waals surface area contributed by atoms with E-state index in [0.717, 1.165) is 0 Å². The summed E-state index contributed by atoms with van der Waals surface area (Å²) in [5.41, 5.74) is 0.621. The van der Waals surface area contributed by atoms with Crippen LogP contribution in [0.15, 0.2) is 18.2 Å². The standard InChI is InChI=1S/C15H20ClNO4/c1-9(2)6-12(15(19)20)17-14(18)8-10-7-11(16)4-5-13(10)21-3/h4-5,7,9,12H,6,8H2,1-3H3,(H,17,18)(H,19,20)/t12-/m0/s1. The summed E-state index contributed by atoms with van der Waals surface area (Å²) in [4.78, 5) is 23.2. The van der Waals surface area contributed by atoms with Gasteiger partial charge in [-0.15, -0.1) is 0 Å². The van der Waals surface area contributed by atoms with Crippen LogP contribution in [0.2, 0.25) is 5.02 Å². The van der Waals surface area contributed by atoms with Gasteiger partial charge in [-0.1, -0.05) is 25.4 Å². The summed E-state index contributed by atoms with van der Waals surface area (Å²) in [6.07, 6.45) is 0.402. The average molecular weight is 314 g/mol. The number of amides is 1. The van der Waals surface area contributed by atoms with Crippen molar-refractivity contribution in [1.82, 2.24) is 5.32 Å². The molecule has 1 aromatic carbocycles. The number of halogens is 1. The fourth-order valence-corrected chi connectivity index (χ4v) is 2.19. The minimum absolute atomic E-state index is 0.0195. The molecule has 0 aromatic heterocycles. The summed E-state index contributed by atoms with van der Waals surface area (Å²) in [7, 11) is 1.50. The SMILES string of the molecule is COc1ccc(Cl)cc1CC(=O)N[C@@H](CC(C)C)C(=O)O. The molecule has 1 amide bonds. The second-order valence-electron chi connectivity index (χ2n) is 5.22. The molecule has 0 spiro atoms. The van der Waals surface area contributed by atoms with Crippen molar-refractivity contribution >= 4 is 23.5 Å². The molecule has 0 aliphatic rings. The first-order valence-electron chi connectivity index (χ1n) is 6.68. The monoisotopic (exact) mass is 313 g/mol. The highest BCUT2D eigenvalue weighted by Crippen LogP contribution is 2.23. The van der Waals surface area contributed by atoms with Gasteiger partial charge in [-0.3, -0.25) is 4.79 Å². The number of aliphatic carboxylic acids is 1. The highest BCUT2D eigenvalue weighted by atomic mass is 35.5. The van der Waals surface area contributed by atoms with Gasteiger partial charge in [-0.05, 0) is 30.5 Å². The van der Waals surface area contributed by atoms with E-state index in [9.17, 15) is 9.59 Å². The van der Waals surface area contributed by atoms with E-state index >= 15 is 0 Å². The molecular formula is C15H20ClNO4. The molecule has 116 valence electrons. The number of rotatable bonds is 7. The molecule has 0 radical (unpaired) electrons. The van der Waals surface area contributed by atoms with E-state index in [-0.39, 0.29) is 18.2 Å². The van der Waals surface area contributed by atoms with Crippen molar-refractivity contribution in [3.05, 3.63) is 28.8 Å². The van der Waals surface area contributed by atoms with Gasteiger partial charge in [0.25, 0.3) is 0 Å². The molecule has 21 heavy (non-hydrogen) atoms. The van der Waals surface area contributed by atoms with Crippen LogP contribution in [0, 0.1) is 5.92 Å². The van der Waals surface area contributed by atoms with Crippen molar-refractivity contribution in [2.24, 2.45) is 5.92 Å². The van der Waals surface area contributed by atoms with Crippen LogP contribution in [0.25, 0.3) is 0 Å². The fraction of sp³-hybridized carbons (Fsp3) is 0.467. The van der Waals surface area contributed by atoms with Crippen molar-refractivity contribution in [2.75, 3.05) is 7.11 Å². The van der Waals surface area contributed by atoms with E-state index in [2.05, 4.69) is 5.32 Å². The van der Waals surface area contributed by atoms with Gasteiger partial charge in [-0.25, -0.2) is 4.79 Å². The molecule has 1 aromatic rings. The van der Waals surface area contributed by atoms with E-state index in [1.54, 1.807) is 18.2 Å². The Balaban J connectivity index is 2.76. The smallest absolute Gasteiger partial charge is 0.326 e. The summed E-state index contributed by atoms with van der Waals surface area (Å²) in [5.74, 6) is -0.684. The Morgan fingerprint density at radius 1 is 1.38 bits per heavy atom. The van der Waals surface area contributed by atoms with Crippen LogP contribution in [-0.2, 0) is 16.0 Å². The number of carbonyl (C=O) groups excluding carboxylic acids is 1. The Hall–Kier alpha value is -1.75. The number of carbonyl (C=O) groups is 2.